The Hall–Kier alpha value is -3.20. The Kier molecular flexibility index (Phi) is 5.43. The van der Waals surface area contributed by atoms with Gasteiger partial charge in [0.1, 0.15) is 6.61 Å². The van der Waals surface area contributed by atoms with Crippen molar-refractivity contribution in [3.63, 3.8) is 0 Å². The minimum Gasteiger partial charge on any atom is -0.493 e. The topological polar surface area (TPSA) is 71.0 Å². The number of rotatable bonds is 5. The highest BCUT2D eigenvalue weighted by atomic mass is 19.4. The standard InChI is InChI=1S/C20H19F3N2O4/c1-13-11-19(27,20(21,22)23)25(24-13)18(26)15-9-7-14(8-10-15)12-29-17-6-4-3-5-16(17)28-2/h3-11,24,27H,12H2,1-2H3. The number of hydrogen-bond acceptors (Lipinski definition) is 5. The highest BCUT2D eigenvalue weighted by Crippen LogP contribution is 2.38. The summed E-state index contributed by atoms with van der Waals surface area (Å²) in [6.45, 7) is 1.49. The lowest BCUT2D eigenvalue weighted by Crippen LogP contribution is -2.60. The van der Waals surface area contributed by atoms with E-state index in [1.807, 2.05) is 0 Å². The van der Waals surface area contributed by atoms with Gasteiger partial charge in [0.2, 0.25) is 0 Å². The molecular formula is C20H19F3N2O4. The van der Waals surface area contributed by atoms with E-state index in [2.05, 4.69) is 5.43 Å². The van der Waals surface area contributed by atoms with Crippen molar-refractivity contribution in [2.75, 3.05) is 7.11 Å². The van der Waals surface area contributed by atoms with Gasteiger partial charge in [0, 0.05) is 11.3 Å². The lowest BCUT2D eigenvalue weighted by molar-refractivity contribution is -0.283. The molecule has 0 aliphatic carbocycles. The number of ether oxygens (including phenoxy) is 2. The van der Waals surface area contributed by atoms with Crippen LogP contribution in [0.3, 0.4) is 0 Å². The first-order valence-corrected chi connectivity index (χ1v) is 8.60. The number of hydrogen-bond donors (Lipinski definition) is 2. The number of methoxy groups -OCH3 is 1. The number of carbonyl (C=O) groups excluding carboxylic acids is 1. The molecule has 2 aromatic rings. The number of carbonyl (C=O) groups is 1. The molecule has 0 saturated carbocycles. The van der Waals surface area contributed by atoms with Gasteiger partial charge in [-0.3, -0.25) is 10.2 Å². The van der Waals surface area contributed by atoms with E-state index in [9.17, 15) is 23.1 Å². The summed E-state index contributed by atoms with van der Waals surface area (Å²) in [5.74, 6) is 0.0806. The van der Waals surface area contributed by atoms with Crippen molar-refractivity contribution in [2.24, 2.45) is 0 Å². The van der Waals surface area contributed by atoms with Gasteiger partial charge < -0.3 is 14.6 Å². The quantitative estimate of drug-likeness (QED) is 0.794. The molecule has 1 atom stereocenters. The molecule has 0 bridgehead atoms. The maximum atomic E-state index is 13.3. The van der Waals surface area contributed by atoms with Crippen LogP contribution in [0, 0.1) is 0 Å². The van der Waals surface area contributed by atoms with Gasteiger partial charge in [-0.25, -0.2) is 5.01 Å². The molecule has 6 nitrogen and oxygen atoms in total. The zero-order valence-electron chi connectivity index (χ0n) is 15.7. The third kappa shape index (κ3) is 4.00. The number of nitrogens with zero attached hydrogens (tertiary/aromatic N) is 1. The summed E-state index contributed by atoms with van der Waals surface area (Å²) >= 11 is 0. The summed E-state index contributed by atoms with van der Waals surface area (Å²) in [5, 5.41) is 10.2. The Labute approximate surface area is 165 Å². The molecule has 1 aliphatic rings. The fourth-order valence-corrected chi connectivity index (χ4v) is 2.85. The van der Waals surface area contributed by atoms with Gasteiger partial charge in [0.15, 0.2) is 11.5 Å². The Bertz CT molecular complexity index is 928. The van der Waals surface area contributed by atoms with Crippen molar-refractivity contribution in [2.45, 2.75) is 25.4 Å². The van der Waals surface area contributed by atoms with Crippen molar-refractivity contribution < 1.29 is 32.5 Å². The number of hydrazine groups is 1. The lowest BCUT2D eigenvalue weighted by atomic mass is 10.1. The van der Waals surface area contributed by atoms with Crippen LogP contribution in [0.25, 0.3) is 0 Å². The van der Waals surface area contributed by atoms with Gasteiger partial charge in [0.25, 0.3) is 11.6 Å². The lowest BCUT2D eigenvalue weighted by Gasteiger charge is -2.33. The van der Waals surface area contributed by atoms with Gasteiger partial charge in [-0.1, -0.05) is 24.3 Å². The predicted octanol–water partition coefficient (Wildman–Crippen LogP) is 3.39. The number of alkyl halides is 3. The van der Waals surface area contributed by atoms with Crippen molar-refractivity contribution >= 4 is 5.91 Å². The second kappa shape index (κ2) is 7.67. The fourth-order valence-electron chi connectivity index (χ4n) is 2.85. The van der Waals surface area contributed by atoms with E-state index in [1.165, 1.54) is 26.2 Å². The second-order valence-corrected chi connectivity index (χ2v) is 6.44. The highest BCUT2D eigenvalue weighted by molar-refractivity contribution is 5.95. The van der Waals surface area contributed by atoms with E-state index in [4.69, 9.17) is 9.47 Å². The van der Waals surface area contributed by atoms with E-state index >= 15 is 0 Å². The summed E-state index contributed by atoms with van der Waals surface area (Å²) in [6, 6.07) is 12.9. The maximum absolute atomic E-state index is 13.3. The SMILES string of the molecule is COc1ccccc1OCc1ccc(C(=O)N2NC(C)=CC2(O)C(F)(F)F)cc1. The Morgan fingerprint density at radius 2 is 1.76 bits per heavy atom. The fraction of sp³-hybridized carbons (Fsp3) is 0.250. The molecule has 0 spiro atoms. The van der Waals surface area contributed by atoms with Gasteiger partial charge in [-0.05, 0) is 42.8 Å². The molecule has 2 aromatic carbocycles. The minimum atomic E-state index is -5.06. The molecule has 1 heterocycles. The minimum absolute atomic E-state index is 0.0139. The molecule has 154 valence electrons. The summed E-state index contributed by atoms with van der Waals surface area (Å²) in [7, 11) is 1.52. The first-order valence-electron chi connectivity index (χ1n) is 8.60. The number of aliphatic hydroxyl groups is 1. The van der Waals surface area contributed by atoms with Crippen LogP contribution in [0.15, 0.2) is 60.3 Å². The largest absolute Gasteiger partial charge is 0.493 e. The van der Waals surface area contributed by atoms with Crippen molar-refractivity contribution in [1.29, 1.82) is 0 Å². The molecule has 3 rings (SSSR count). The zero-order valence-corrected chi connectivity index (χ0v) is 15.7. The van der Waals surface area contributed by atoms with E-state index in [0.29, 0.717) is 23.1 Å². The number of halogens is 3. The van der Waals surface area contributed by atoms with E-state index < -0.39 is 17.8 Å². The molecular weight excluding hydrogens is 389 g/mol. The first-order chi connectivity index (χ1) is 13.7. The number of para-hydroxylation sites is 2. The van der Waals surface area contributed by atoms with Crippen LogP contribution in [0.2, 0.25) is 0 Å². The van der Waals surface area contributed by atoms with Crippen molar-refractivity contribution in [3.05, 3.63) is 71.4 Å². The molecule has 1 aliphatic heterocycles. The van der Waals surface area contributed by atoms with Gasteiger partial charge >= 0.3 is 6.18 Å². The van der Waals surface area contributed by atoms with Gasteiger partial charge in [-0.15, -0.1) is 0 Å². The molecule has 0 radical (unpaired) electrons. The number of amides is 1. The van der Waals surface area contributed by atoms with Gasteiger partial charge in [-0.2, -0.15) is 13.2 Å². The molecule has 9 heteroatoms. The molecule has 1 amide bonds. The van der Waals surface area contributed by atoms with Crippen molar-refractivity contribution in [1.82, 2.24) is 10.4 Å². The van der Waals surface area contributed by atoms with Crippen LogP contribution < -0.4 is 14.9 Å². The summed E-state index contributed by atoms with van der Waals surface area (Å²) in [4.78, 5) is 12.6. The number of allylic oxidation sites excluding steroid dienone is 1. The number of benzene rings is 2. The highest BCUT2D eigenvalue weighted by Gasteiger charge is 2.61. The van der Waals surface area contributed by atoms with E-state index in [-0.39, 0.29) is 22.9 Å². The molecule has 0 saturated heterocycles. The van der Waals surface area contributed by atoms with Crippen LogP contribution in [0.1, 0.15) is 22.8 Å². The second-order valence-electron chi connectivity index (χ2n) is 6.44. The predicted molar refractivity (Wildman–Crippen MR) is 97.8 cm³/mol. The van der Waals surface area contributed by atoms with Crippen LogP contribution in [-0.2, 0) is 6.61 Å². The summed E-state index contributed by atoms with van der Waals surface area (Å²) < 4.78 is 50.7. The third-order valence-corrected chi connectivity index (χ3v) is 4.33. The normalized spacial score (nSPS) is 18.8. The zero-order chi connectivity index (χ0) is 21.2. The molecule has 0 aromatic heterocycles. The van der Waals surface area contributed by atoms with Crippen LogP contribution >= 0.6 is 0 Å². The Morgan fingerprint density at radius 1 is 1.14 bits per heavy atom. The third-order valence-electron chi connectivity index (χ3n) is 4.33. The summed E-state index contributed by atoms with van der Waals surface area (Å²) in [6.07, 6.45) is -4.50. The van der Waals surface area contributed by atoms with Crippen molar-refractivity contribution in [3.8, 4) is 11.5 Å². The summed E-state index contributed by atoms with van der Waals surface area (Å²) in [5.41, 5.74) is -0.471. The van der Waals surface area contributed by atoms with Crippen LogP contribution in [-0.4, -0.2) is 35.0 Å². The average Bonchev–Trinajstić information content (AvgIpc) is 3.02. The smallest absolute Gasteiger partial charge is 0.442 e. The monoisotopic (exact) mass is 408 g/mol. The van der Waals surface area contributed by atoms with E-state index in [1.54, 1.807) is 36.4 Å². The molecule has 1 unspecified atom stereocenters. The Morgan fingerprint density at radius 3 is 2.34 bits per heavy atom. The number of nitrogens with one attached hydrogen (secondary N) is 1. The first kappa shape index (κ1) is 20.5. The molecule has 2 N–H and O–H groups in total. The Balaban J connectivity index is 1.72. The van der Waals surface area contributed by atoms with Crippen LogP contribution in [0.5, 0.6) is 11.5 Å². The van der Waals surface area contributed by atoms with Gasteiger partial charge in [0.05, 0.1) is 7.11 Å². The van der Waals surface area contributed by atoms with Crippen LogP contribution in [0.4, 0.5) is 13.2 Å². The maximum Gasteiger partial charge on any atom is 0.442 e. The molecule has 0 fully saturated rings. The molecule has 29 heavy (non-hydrogen) atoms. The van der Waals surface area contributed by atoms with E-state index in [0.717, 1.165) is 0 Å². The average molecular weight is 408 g/mol.